The van der Waals surface area contributed by atoms with Crippen molar-refractivity contribution in [3.63, 3.8) is 0 Å². The van der Waals surface area contributed by atoms with Crippen molar-refractivity contribution in [1.82, 2.24) is 45.9 Å². The molecule has 6 N–H and O–H groups in total. The van der Waals surface area contributed by atoms with Crippen molar-refractivity contribution in [2.24, 2.45) is 5.41 Å². The molecule has 3 aliphatic carbocycles. The van der Waals surface area contributed by atoms with Crippen LogP contribution in [-0.4, -0.2) is 126 Å². The van der Waals surface area contributed by atoms with Crippen LogP contribution in [0.25, 0.3) is 16.7 Å². The molecule has 3 aromatic carbocycles. The van der Waals surface area contributed by atoms with Gasteiger partial charge in [0.05, 0.1) is 68.7 Å². The third kappa shape index (κ3) is 17.1. The van der Waals surface area contributed by atoms with E-state index in [1.54, 1.807) is 76.4 Å². The number of nitrogens with one attached hydrogen (secondary N) is 6. The van der Waals surface area contributed by atoms with Crippen LogP contribution in [0.2, 0.25) is 0 Å². The minimum atomic E-state index is -3.15. The van der Waals surface area contributed by atoms with E-state index in [9.17, 15) is 55.8 Å². The first-order valence-corrected chi connectivity index (χ1v) is 41.6. The van der Waals surface area contributed by atoms with E-state index in [1.807, 2.05) is 18.2 Å². The molecule has 0 bridgehead atoms. The van der Waals surface area contributed by atoms with Crippen molar-refractivity contribution < 1.29 is 40.0 Å². The molecule has 0 radical (unpaired) electrons. The topological polar surface area (TPSA) is 272 Å². The summed E-state index contributed by atoms with van der Waals surface area (Å²) >= 11 is 0. The average molecular weight is 1440 g/mol. The van der Waals surface area contributed by atoms with Crippen molar-refractivity contribution in [3.05, 3.63) is 157 Å². The summed E-state index contributed by atoms with van der Waals surface area (Å²) in [7, 11) is -8.33. The zero-order valence-corrected chi connectivity index (χ0v) is 62.3. The maximum absolute atomic E-state index is 14.6. The second-order valence-corrected chi connectivity index (χ2v) is 39.5. The van der Waals surface area contributed by atoms with E-state index in [4.69, 9.17) is 0 Å². The van der Waals surface area contributed by atoms with Gasteiger partial charge in [-0.2, -0.15) is 15.8 Å². The van der Waals surface area contributed by atoms with Crippen LogP contribution in [0, 0.1) is 39.4 Å². The Hall–Kier alpha value is -7.86. The highest BCUT2D eigenvalue weighted by molar-refractivity contribution is 7.71. The lowest BCUT2D eigenvalue weighted by molar-refractivity contribution is 0.0158. The summed E-state index contributed by atoms with van der Waals surface area (Å²) in [4.78, 5) is 26.3. The zero-order valence-electron chi connectivity index (χ0n) is 59.6. The van der Waals surface area contributed by atoms with Gasteiger partial charge in [0.2, 0.25) is 17.8 Å². The van der Waals surface area contributed by atoms with Gasteiger partial charge < -0.3 is 45.6 Å². The number of benzene rings is 3. The number of piperidine rings is 3. The average Bonchev–Trinajstić information content (AvgIpc) is 1.66. The van der Waals surface area contributed by atoms with Gasteiger partial charge in [-0.1, -0.05) is 50.3 Å². The molecule has 3 aromatic heterocycles. The van der Waals surface area contributed by atoms with Crippen LogP contribution >= 0.6 is 21.4 Å². The molecule has 0 unspecified atom stereocenters. The van der Waals surface area contributed by atoms with Crippen LogP contribution in [0.15, 0.2) is 73.2 Å². The minimum absolute atomic E-state index is 0.0642. The van der Waals surface area contributed by atoms with E-state index in [1.165, 1.54) is 18.6 Å². The van der Waals surface area contributed by atoms with Gasteiger partial charge in [-0.25, -0.2) is 56.2 Å². The highest BCUT2D eigenvalue weighted by atomic mass is 31.2. The summed E-state index contributed by atoms with van der Waals surface area (Å²) in [5.41, 5.74) is 6.93. The maximum Gasteiger partial charge on any atom is 0.274 e. The Morgan fingerprint density at radius 3 is 1.17 bits per heavy atom. The molecule has 101 heavy (non-hydrogen) atoms. The van der Waals surface area contributed by atoms with Crippen molar-refractivity contribution in [2.75, 3.05) is 82.1 Å². The standard InChI is InChI=1S/2C25H30F2N5OP.C24H28F2N5OP/c1-24(2)10-16(12-29-14-24)31-23-30-13-20(25(3,26)27)21(32-23)18-8-9-19-17(18)7-6-15(11-28)22(19)34(4,5)33;1-24(2)11-10-16(13-30-24)31-23-29-14-20(25(3,26)27)21(32-23)18-8-9-19-17(18)7-6-15(12-28)22(19)34(4,5)33;1-14-5-7-16(12-28-14)30-23-29-13-20(24(2,25)26)21(31-23)18-9-10-19-17(18)8-6-15(11-27)22(19)33(3,4)32/h6-8,13,16,29H,9-10,12,14H2,1-5H3,(H,30,31,32);6-8,14,16,30H,9-11,13H2,1-5H3,(H,29,31,32);6,8-9,13-14,16,28H,5,7,10,12H2,1-4H3,(H,29,30,31)/t2*16-;14-,16-/m000/s1. The molecular weight excluding hydrogens is 1350 g/mol. The van der Waals surface area contributed by atoms with Crippen LogP contribution in [-0.2, 0) is 50.7 Å². The lowest BCUT2D eigenvalue weighted by Gasteiger charge is -2.36. The second-order valence-electron chi connectivity index (χ2n) is 30.1. The second kappa shape index (κ2) is 28.8. The fourth-order valence-electron chi connectivity index (χ4n) is 14.4. The van der Waals surface area contributed by atoms with E-state index in [-0.39, 0.29) is 62.9 Å². The molecular formula is C74H88F6N15O3P3. The number of nitrogens with zero attached hydrogens (tertiary/aromatic N) is 9. The number of hydrogen-bond donors (Lipinski definition) is 6. The molecule has 6 aromatic rings. The van der Waals surface area contributed by atoms with Crippen LogP contribution in [0.1, 0.15) is 171 Å². The molecule has 12 rings (SSSR count). The molecule has 27 heteroatoms. The van der Waals surface area contributed by atoms with Gasteiger partial charge >= 0.3 is 0 Å². The predicted molar refractivity (Wildman–Crippen MR) is 389 cm³/mol. The van der Waals surface area contributed by atoms with Gasteiger partial charge in [0.1, 0.15) is 21.4 Å². The third-order valence-corrected chi connectivity index (χ3v) is 23.9. The van der Waals surface area contributed by atoms with E-state index < -0.39 is 39.2 Å². The maximum atomic E-state index is 14.6. The molecule has 3 saturated heterocycles. The van der Waals surface area contributed by atoms with Gasteiger partial charge in [0, 0.05) is 128 Å². The first-order chi connectivity index (χ1) is 47.1. The van der Waals surface area contributed by atoms with Crippen molar-refractivity contribution >= 4 is 71.9 Å². The lowest BCUT2D eigenvalue weighted by Crippen LogP contribution is -2.50. The van der Waals surface area contributed by atoms with Gasteiger partial charge in [0.15, 0.2) is 0 Å². The molecule has 534 valence electrons. The van der Waals surface area contributed by atoms with Crippen molar-refractivity contribution in [3.8, 4) is 18.2 Å². The molecule has 6 heterocycles. The summed E-state index contributed by atoms with van der Waals surface area (Å²) in [5, 5.41) is 50.4. The molecule has 6 aliphatic rings. The smallest absolute Gasteiger partial charge is 0.274 e. The first kappa shape index (κ1) is 75.8. The summed E-state index contributed by atoms with van der Waals surface area (Å²) < 4.78 is 126. The number of allylic oxidation sites excluding steroid dienone is 3. The molecule has 0 spiro atoms. The van der Waals surface area contributed by atoms with E-state index in [0.29, 0.717) is 109 Å². The SMILES string of the molecule is CC1(C)CC[C@H](Nc2ncc(C(C)(F)F)c(C3=CCc4c3ccc(C#N)c4P(C)(C)=O)n2)CN1.CC1(C)CNC[C@@H](Nc2ncc(C(C)(F)F)c(C3=CCc4c3ccc(C#N)c4P(C)(C)=O)n2)C1.C[C@H]1CC[C@H](Nc2ncc(C(C)(F)F)c(C3=CCc4c3ccc(C#N)c4P(C)(C)=O)n2)CN1. The predicted octanol–water partition coefficient (Wildman–Crippen LogP) is 13.4. The van der Waals surface area contributed by atoms with Gasteiger partial charge in [-0.05, 0) is 169 Å². The summed E-state index contributed by atoms with van der Waals surface area (Å²) in [5.74, 6) is -8.53. The number of anilines is 3. The lowest BCUT2D eigenvalue weighted by atomic mass is 9.83. The summed E-state index contributed by atoms with van der Waals surface area (Å²) in [6.07, 6.45) is 15.0. The highest BCUT2D eigenvalue weighted by Crippen LogP contribution is 2.48. The minimum Gasteiger partial charge on any atom is -0.350 e. The Labute approximate surface area is 587 Å². The van der Waals surface area contributed by atoms with Crippen LogP contribution < -0.4 is 47.8 Å². The zero-order chi connectivity index (χ0) is 73.7. The summed E-state index contributed by atoms with van der Waals surface area (Å²) in [6, 6.07) is 17.2. The molecule has 0 saturated carbocycles. The number of rotatable bonds is 15. The van der Waals surface area contributed by atoms with Gasteiger partial charge in [-0.15, -0.1) is 0 Å². The Morgan fingerprint density at radius 2 is 0.871 bits per heavy atom. The first-order valence-electron chi connectivity index (χ1n) is 33.8. The molecule has 4 atom stereocenters. The number of hydrogen-bond acceptors (Lipinski definition) is 18. The highest BCUT2D eigenvalue weighted by Gasteiger charge is 2.40. The number of nitriles is 3. The van der Waals surface area contributed by atoms with Crippen molar-refractivity contribution in [2.45, 2.75) is 154 Å². The van der Waals surface area contributed by atoms with Gasteiger partial charge in [-0.3, -0.25) is 0 Å². The Balaban J connectivity index is 0.000000163. The van der Waals surface area contributed by atoms with Crippen LogP contribution in [0.3, 0.4) is 0 Å². The monoisotopic (exact) mass is 1440 g/mol. The van der Waals surface area contributed by atoms with E-state index in [0.717, 1.165) is 95.7 Å². The summed E-state index contributed by atoms with van der Waals surface area (Å²) in [6.45, 7) is 26.2. The molecule has 18 nitrogen and oxygen atoms in total. The third-order valence-electron chi connectivity index (χ3n) is 19.2. The number of halogens is 6. The Bertz CT molecular complexity index is 4610. The van der Waals surface area contributed by atoms with Crippen LogP contribution in [0.5, 0.6) is 0 Å². The van der Waals surface area contributed by atoms with Gasteiger partial charge in [0.25, 0.3) is 17.8 Å². The Kier molecular flexibility index (Phi) is 21.6. The van der Waals surface area contributed by atoms with E-state index in [2.05, 4.69) is 115 Å². The molecule has 0 amide bonds. The largest absolute Gasteiger partial charge is 0.350 e. The molecule has 3 aliphatic heterocycles. The number of fused-ring (bicyclic) bond motifs is 3. The fourth-order valence-corrected chi connectivity index (χ4v) is 19.1. The van der Waals surface area contributed by atoms with E-state index >= 15 is 0 Å². The quantitative estimate of drug-likeness (QED) is 0.0412. The van der Waals surface area contributed by atoms with Crippen LogP contribution in [0.4, 0.5) is 44.2 Å². The molecule has 3 fully saturated rings. The number of alkyl halides is 6. The van der Waals surface area contributed by atoms with Crippen molar-refractivity contribution in [1.29, 1.82) is 15.8 Å². The fraction of sp³-hybridized carbons (Fsp3) is 0.473. The number of aromatic nitrogens is 6. The Morgan fingerprint density at radius 1 is 0.515 bits per heavy atom. The normalized spacial score (nSPS) is 20.1.